The highest BCUT2D eigenvalue weighted by Crippen LogP contribution is 2.26. The minimum Gasteiger partial charge on any atom is -0.477 e. The number of hydrogen-bond donors (Lipinski definition) is 1. The van der Waals surface area contributed by atoms with Gasteiger partial charge in [0.25, 0.3) is 5.89 Å². The Morgan fingerprint density at radius 2 is 2.07 bits per heavy atom. The third-order valence-corrected chi connectivity index (χ3v) is 4.91. The summed E-state index contributed by atoms with van der Waals surface area (Å²) in [4.78, 5) is 8.86. The second kappa shape index (κ2) is 7.88. The molecular formula is C21H24N4O2. The fourth-order valence-corrected chi connectivity index (χ4v) is 3.30. The van der Waals surface area contributed by atoms with Gasteiger partial charge in [-0.3, -0.25) is 0 Å². The zero-order valence-corrected chi connectivity index (χ0v) is 15.5. The van der Waals surface area contributed by atoms with Gasteiger partial charge in [-0.1, -0.05) is 42.4 Å². The van der Waals surface area contributed by atoms with E-state index >= 15 is 0 Å². The molecule has 1 aromatic carbocycles. The number of piperidine rings is 1. The van der Waals surface area contributed by atoms with Crippen LogP contribution in [0.2, 0.25) is 0 Å². The van der Waals surface area contributed by atoms with Crippen LogP contribution in [-0.2, 0) is 6.42 Å². The van der Waals surface area contributed by atoms with Gasteiger partial charge in [-0.25, -0.2) is 4.98 Å². The van der Waals surface area contributed by atoms with Gasteiger partial charge in [0, 0.05) is 30.6 Å². The van der Waals surface area contributed by atoms with E-state index in [1.165, 1.54) is 12.8 Å². The number of benzene rings is 1. The second-order valence-electron chi connectivity index (χ2n) is 7.44. The summed E-state index contributed by atoms with van der Waals surface area (Å²) in [6, 6.07) is 13.9. The monoisotopic (exact) mass is 364 g/mol. The molecule has 0 radical (unpaired) electrons. The van der Waals surface area contributed by atoms with E-state index in [0.717, 1.165) is 24.2 Å². The van der Waals surface area contributed by atoms with Crippen LogP contribution in [-0.4, -0.2) is 34.8 Å². The van der Waals surface area contributed by atoms with Crippen molar-refractivity contribution in [1.82, 2.24) is 20.4 Å². The predicted octanol–water partition coefficient (Wildman–Crippen LogP) is 3.49. The highest BCUT2D eigenvalue weighted by Gasteiger charge is 2.27. The minimum absolute atomic E-state index is 0.164. The lowest BCUT2D eigenvalue weighted by Gasteiger charge is -2.33. The number of rotatable bonds is 6. The third-order valence-electron chi connectivity index (χ3n) is 4.91. The SMILES string of the molecule is C[C@@]1(COc2ccc(-c3nc(Cc4ccccc4)no3)cn2)CCCNC1. The summed E-state index contributed by atoms with van der Waals surface area (Å²) in [5, 5.41) is 7.50. The van der Waals surface area contributed by atoms with Crippen molar-refractivity contribution < 1.29 is 9.26 Å². The van der Waals surface area contributed by atoms with Gasteiger partial charge >= 0.3 is 0 Å². The van der Waals surface area contributed by atoms with Gasteiger partial charge in [0.05, 0.1) is 12.2 Å². The first-order valence-corrected chi connectivity index (χ1v) is 9.37. The maximum atomic E-state index is 5.91. The lowest BCUT2D eigenvalue weighted by molar-refractivity contribution is 0.125. The van der Waals surface area contributed by atoms with Crippen LogP contribution in [0.25, 0.3) is 11.5 Å². The summed E-state index contributed by atoms with van der Waals surface area (Å²) < 4.78 is 11.3. The van der Waals surface area contributed by atoms with E-state index in [9.17, 15) is 0 Å². The summed E-state index contributed by atoms with van der Waals surface area (Å²) in [7, 11) is 0. The van der Waals surface area contributed by atoms with E-state index < -0.39 is 0 Å². The molecule has 3 aromatic rings. The molecule has 1 atom stereocenters. The van der Waals surface area contributed by atoms with Crippen molar-refractivity contribution in [2.45, 2.75) is 26.2 Å². The molecule has 4 rings (SSSR count). The average Bonchev–Trinajstić information content (AvgIpc) is 3.17. The lowest BCUT2D eigenvalue weighted by Crippen LogP contribution is -2.41. The highest BCUT2D eigenvalue weighted by molar-refractivity contribution is 5.51. The standard InChI is InChI=1S/C21H24N4O2/c1-21(10-5-11-22-14-21)15-26-19-9-8-17(13-23-19)20-24-18(25-27-20)12-16-6-3-2-4-7-16/h2-4,6-9,13,22H,5,10-12,14-15H2,1H3/t21-/m1/s1. The molecule has 1 aliphatic heterocycles. The minimum atomic E-state index is 0.164. The van der Waals surface area contributed by atoms with Crippen LogP contribution in [0.3, 0.4) is 0 Å². The fraction of sp³-hybridized carbons (Fsp3) is 0.381. The van der Waals surface area contributed by atoms with Gasteiger partial charge in [0.1, 0.15) is 0 Å². The van der Waals surface area contributed by atoms with Gasteiger partial charge in [-0.15, -0.1) is 0 Å². The Morgan fingerprint density at radius 3 is 2.81 bits per heavy atom. The smallest absolute Gasteiger partial charge is 0.259 e. The van der Waals surface area contributed by atoms with Gasteiger partial charge in [-0.2, -0.15) is 4.98 Å². The van der Waals surface area contributed by atoms with E-state index in [2.05, 4.69) is 27.4 Å². The van der Waals surface area contributed by atoms with E-state index in [0.29, 0.717) is 30.6 Å². The molecule has 1 fully saturated rings. The normalized spacial score (nSPS) is 19.7. The molecule has 27 heavy (non-hydrogen) atoms. The Morgan fingerprint density at radius 1 is 1.19 bits per heavy atom. The summed E-state index contributed by atoms with van der Waals surface area (Å²) >= 11 is 0. The lowest BCUT2D eigenvalue weighted by atomic mass is 9.84. The molecule has 0 saturated carbocycles. The van der Waals surface area contributed by atoms with Gasteiger partial charge in [0.2, 0.25) is 5.88 Å². The van der Waals surface area contributed by atoms with Crippen molar-refractivity contribution in [1.29, 1.82) is 0 Å². The van der Waals surface area contributed by atoms with E-state index in [1.807, 2.05) is 42.5 Å². The van der Waals surface area contributed by atoms with Crippen molar-refractivity contribution in [3.8, 4) is 17.3 Å². The number of nitrogens with zero attached hydrogens (tertiary/aromatic N) is 3. The highest BCUT2D eigenvalue weighted by atomic mass is 16.5. The molecule has 0 aliphatic carbocycles. The molecular weight excluding hydrogens is 340 g/mol. The Hall–Kier alpha value is -2.73. The van der Waals surface area contributed by atoms with Gasteiger partial charge < -0.3 is 14.6 Å². The van der Waals surface area contributed by atoms with Crippen molar-refractivity contribution in [2.24, 2.45) is 5.41 Å². The van der Waals surface area contributed by atoms with Crippen molar-refractivity contribution >= 4 is 0 Å². The van der Waals surface area contributed by atoms with Gasteiger partial charge in [-0.05, 0) is 31.0 Å². The first-order valence-electron chi connectivity index (χ1n) is 9.37. The predicted molar refractivity (Wildman–Crippen MR) is 102 cm³/mol. The number of nitrogens with one attached hydrogen (secondary N) is 1. The number of ether oxygens (including phenoxy) is 1. The third kappa shape index (κ3) is 4.52. The molecule has 1 saturated heterocycles. The molecule has 1 aliphatic rings. The summed E-state index contributed by atoms with van der Waals surface area (Å²) in [6.45, 7) is 4.99. The molecule has 2 aromatic heterocycles. The van der Waals surface area contributed by atoms with Crippen LogP contribution in [0, 0.1) is 5.41 Å². The maximum absolute atomic E-state index is 5.91. The summed E-state index contributed by atoms with van der Waals surface area (Å²) in [6.07, 6.45) is 4.72. The molecule has 0 unspecified atom stereocenters. The Bertz CT molecular complexity index is 855. The molecule has 0 bridgehead atoms. The van der Waals surface area contributed by atoms with Gasteiger partial charge in [0.15, 0.2) is 5.82 Å². The van der Waals surface area contributed by atoms with Crippen LogP contribution < -0.4 is 10.1 Å². The molecule has 140 valence electrons. The van der Waals surface area contributed by atoms with Crippen molar-refractivity contribution in [3.63, 3.8) is 0 Å². The first-order chi connectivity index (χ1) is 13.2. The maximum Gasteiger partial charge on any atom is 0.259 e. The topological polar surface area (TPSA) is 73.1 Å². The first kappa shape index (κ1) is 17.7. The Balaban J connectivity index is 1.37. The Kier molecular flexibility index (Phi) is 5.16. The van der Waals surface area contributed by atoms with E-state index in [4.69, 9.17) is 9.26 Å². The van der Waals surface area contributed by atoms with Crippen LogP contribution in [0.1, 0.15) is 31.2 Å². The number of hydrogen-bond acceptors (Lipinski definition) is 6. The molecule has 3 heterocycles. The van der Waals surface area contributed by atoms with Crippen LogP contribution in [0.5, 0.6) is 5.88 Å². The molecule has 0 spiro atoms. The summed E-state index contributed by atoms with van der Waals surface area (Å²) in [5.41, 5.74) is 2.11. The summed E-state index contributed by atoms with van der Waals surface area (Å²) in [5.74, 6) is 1.76. The molecule has 6 heteroatoms. The van der Waals surface area contributed by atoms with E-state index in [1.54, 1.807) is 6.20 Å². The Labute approximate surface area is 159 Å². The molecule has 6 nitrogen and oxygen atoms in total. The quantitative estimate of drug-likeness (QED) is 0.722. The fourth-order valence-electron chi connectivity index (χ4n) is 3.30. The molecule has 0 amide bonds. The van der Waals surface area contributed by atoms with Crippen molar-refractivity contribution in [3.05, 3.63) is 60.0 Å². The second-order valence-corrected chi connectivity index (χ2v) is 7.44. The average molecular weight is 364 g/mol. The number of aromatic nitrogens is 3. The van der Waals surface area contributed by atoms with Crippen LogP contribution in [0.4, 0.5) is 0 Å². The van der Waals surface area contributed by atoms with Crippen molar-refractivity contribution in [2.75, 3.05) is 19.7 Å². The zero-order valence-electron chi connectivity index (χ0n) is 15.5. The largest absolute Gasteiger partial charge is 0.477 e. The van der Waals surface area contributed by atoms with E-state index in [-0.39, 0.29) is 5.41 Å². The molecule has 1 N–H and O–H groups in total. The van der Waals surface area contributed by atoms with Crippen LogP contribution >= 0.6 is 0 Å². The number of pyridine rings is 1. The van der Waals surface area contributed by atoms with Crippen LogP contribution in [0.15, 0.2) is 53.2 Å². The zero-order chi connectivity index (χ0) is 18.5.